The molecule has 0 aromatic heterocycles. The van der Waals surface area contributed by atoms with Gasteiger partial charge in [-0.15, -0.1) is 0 Å². The van der Waals surface area contributed by atoms with Crippen molar-refractivity contribution in [3.63, 3.8) is 0 Å². The second-order valence-electron chi connectivity index (χ2n) is 5.68. The Bertz CT molecular complexity index is 989. The molecule has 0 heterocycles. The Morgan fingerprint density at radius 3 is 2.48 bits per heavy atom. The molecule has 1 amide bonds. The van der Waals surface area contributed by atoms with Gasteiger partial charge in [0, 0.05) is 6.54 Å². The van der Waals surface area contributed by atoms with Gasteiger partial charge in [-0.05, 0) is 64.1 Å². The number of carbonyl (C=O) groups excluding carboxylic acids is 1. The van der Waals surface area contributed by atoms with Crippen molar-refractivity contribution in [3.05, 3.63) is 56.7 Å². The smallest absolute Gasteiger partial charge is 0.262 e. The van der Waals surface area contributed by atoms with Gasteiger partial charge in [-0.1, -0.05) is 12.1 Å². The molecule has 0 aliphatic heterocycles. The largest absolute Gasteiger partial charge is 0.497 e. The Kier molecular flexibility index (Phi) is 8.31. The van der Waals surface area contributed by atoms with Gasteiger partial charge in [0.25, 0.3) is 5.91 Å². The predicted octanol–water partition coefficient (Wildman–Crippen LogP) is 3.43. The normalized spacial score (nSPS) is 10.4. The molecule has 0 fully saturated rings. The molecule has 0 spiro atoms. The molecule has 0 bridgehead atoms. The van der Waals surface area contributed by atoms with Crippen molar-refractivity contribution in [2.45, 2.75) is 6.54 Å². The van der Waals surface area contributed by atoms with E-state index in [9.17, 15) is 10.1 Å². The number of benzene rings is 2. The Labute approximate surface area is 182 Å². The van der Waals surface area contributed by atoms with Crippen LogP contribution in [0.15, 0.2) is 42.0 Å². The zero-order chi connectivity index (χ0) is 21.2. The van der Waals surface area contributed by atoms with Crippen molar-refractivity contribution in [3.8, 4) is 29.4 Å². The summed E-state index contributed by atoms with van der Waals surface area (Å²) in [6.07, 6.45) is 1.47. The maximum Gasteiger partial charge on any atom is 0.262 e. The zero-order valence-electron chi connectivity index (χ0n) is 15.9. The van der Waals surface area contributed by atoms with E-state index in [0.717, 1.165) is 11.3 Å². The molecule has 0 unspecified atom stereocenters. The summed E-state index contributed by atoms with van der Waals surface area (Å²) < 4.78 is 16.5. The lowest BCUT2D eigenvalue weighted by Gasteiger charge is -2.12. The molecule has 29 heavy (non-hydrogen) atoms. The zero-order valence-corrected chi connectivity index (χ0v) is 18.0. The van der Waals surface area contributed by atoms with E-state index < -0.39 is 5.91 Å². The lowest BCUT2D eigenvalue weighted by molar-refractivity contribution is -0.117. The van der Waals surface area contributed by atoms with Crippen LogP contribution in [0.3, 0.4) is 0 Å². The monoisotopic (exact) mass is 503 g/mol. The quantitative estimate of drug-likeness (QED) is 0.336. The van der Waals surface area contributed by atoms with Crippen LogP contribution in [0.4, 0.5) is 0 Å². The number of nitrogens with one attached hydrogen (secondary N) is 1. The van der Waals surface area contributed by atoms with Crippen molar-refractivity contribution < 1.29 is 19.0 Å². The Balaban J connectivity index is 2.17. The number of carbonyl (C=O) groups is 1. The van der Waals surface area contributed by atoms with Crippen molar-refractivity contribution >= 4 is 34.6 Å². The molecule has 0 atom stereocenters. The van der Waals surface area contributed by atoms with Crippen LogP contribution < -0.4 is 19.5 Å². The number of methoxy groups -OCH3 is 2. The van der Waals surface area contributed by atoms with Crippen molar-refractivity contribution in [2.24, 2.45) is 0 Å². The maximum absolute atomic E-state index is 12.4. The van der Waals surface area contributed by atoms with Crippen LogP contribution in [0, 0.1) is 26.2 Å². The average molecular weight is 503 g/mol. The van der Waals surface area contributed by atoms with Gasteiger partial charge in [-0.25, -0.2) is 0 Å². The van der Waals surface area contributed by atoms with E-state index in [1.165, 1.54) is 13.2 Å². The molecule has 0 saturated heterocycles. The summed E-state index contributed by atoms with van der Waals surface area (Å²) in [6.45, 7) is 0.169. The molecule has 0 aliphatic rings. The van der Waals surface area contributed by atoms with Crippen molar-refractivity contribution in [1.29, 1.82) is 10.5 Å². The minimum absolute atomic E-state index is 0.0398. The minimum atomic E-state index is -0.484. The molecule has 1 N–H and O–H groups in total. The van der Waals surface area contributed by atoms with E-state index in [0.29, 0.717) is 20.6 Å². The topological polar surface area (TPSA) is 104 Å². The summed E-state index contributed by atoms with van der Waals surface area (Å²) in [6, 6.07) is 14.5. The number of rotatable bonds is 8. The maximum atomic E-state index is 12.4. The van der Waals surface area contributed by atoms with Crippen LogP contribution in [0.25, 0.3) is 6.08 Å². The first-order valence-electron chi connectivity index (χ1n) is 8.42. The third-order valence-electron chi connectivity index (χ3n) is 3.82. The number of amides is 1. The van der Waals surface area contributed by atoms with Crippen LogP contribution in [-0.2, 0) is 11.3 Å². The molecule has 2 rings (SSSR count). The summed E-state index contributed by atoms with van der Waals surface area (Å²) in [5.41, 5.74) is 1.44. The highest BCUT2D eigenvalue weighted by molar-refractivity contribution is 14.1. The first-order valence-corrected chi connectivity index (χ1v) is 9.50. The third kappa shape index (κ3) is 6.13. The number of hydrogen-bond donors (Lipinski definition) is 1. The van der Waals surface area contributed by atoms with Crippen LogP contribution in [0.5, 0.6) is 17.2 Å². The molecule has 148 valence electrons. The fourth-order valence-corrected chi connectivity index (χ4v) is 3.18. The van der Waals surface area contributed by atoms with Gasteiger partial charge in [0.05, 0.1) is 17.8 Å². The van der Waals surface area contributed by atoms with Crippen LogP contribution >= 0.6 is 22.6 Å². The molecular formula is C21H18IN3O4. The highest BCUT2D eigenvalue weighted by atomic mass is 127. The number of hydrogen-bond acceptors (Lipinski definition) is 6. The van der Waals surface area contributed by atoms with Gasteiger partial charge in [-0.2, -0.15) is 10.5 Å². The average Bonchev–Trinajstić information content (AvgIpc) is 2.75. The Hall–Kier alpha value is -3.24. The Morgan fingerprint density at radius 1 is 1.17 bits per heavy atom. The van der Waals surface area contributed by atoms with Crippen molar-refractivity contribution in [1.82, 2.24) is 5.32 Å². The highest BCUT2D eigenvalue weighted by Crippen LogP contribution is 2.34. The van der Waals surface area contributed by atoms with Gasteiger partial charge in [-0.3, -0.25) is 4.79 Å². The Morgan fingerprint density at radius 2 is 1.90 bits per heavy atom. The summed E-state index contributed by atoms with van der Waals surface area (Å²) in [5, 5.41) is 20.8. The van der Waals surface area contributed by atoms with E-state index in [2.05, 4.69) is 5.32 Å². The summed E-state index contributed by atoms with van der Waals surface area (Å²) >= 11 is 2.04. The van der Waals surface area contributed by atoms with E-state index >= 15 is 0 Å². The van der Waals surface area contributed by atoms with Gasteiger partial charge in [0.15, 0.2) is 18.1 Å². The van der Waals surface area contributed by atoms with Crippen LogP contribution in [-0.4, -0.2) is 26.7 Å². The summed E-state index contributed by atoms with van der Waals surface area (Å²) in [7, 11) is 3.06. The third-order valence-corrected chi connectivity index (χ3v) is 4.62. The van der Waals surface area contributed by atoms with Crippen molar-refractivity contribution in [2.75, 3.05) is 20.8 Å². The minimum Gasteiger partial charge on any atom is -0.497 e. The van der Waals surface area contributed by atoms with Gasteiger partial charge >= 0.3 is 0 Å². The molecule has 2 aromatic rings. The first-order chi connectivity index (χ1) is 14.0. The lowest BCUT2D eigenvalue weighted by Crippen LogP contribution is -2.23. The van der Waals surface area contributed by atoms with E-state index in [4.69, 9.17) is 19.5 Å². The standard InChI is InChI=1S/C21H18IN3O4/c1-27-17-5-3-14(4-6-17)13-25-21(26)16(12-24)9-15-10-18(22)20(29-8-7-23)19(11-15)28-2/h3-6,9-11H,8,13H2,1-2H3,(H,25,26)/b16-9-. The number of ether oxygens (including phenoxy) is 3. The lowest BCUT2D eigenvalue weighted by atomic mass is 10.1. The molecule has 7 nitrogen and oxygen atoms in total. The molecule has 0 saturated carbocycles. The molecule has 0 radical (unpaired) electrons. The second-order valence-corrected chi connectivity index (χ2v) is 6.84. The molecular weight excluding hydrogens is 485 g/mol. The molecule has 8 heteroatoms. The SMILES string of the molecule is COc1ccc(CNC(=O)/C(C#N)=C\c2cc(I)c(OCC#N)c(OC)c2)cc1. The van der Waals surface area contributed by atoms with Gasteiger partial charge < -0.3 is 19.5 Å². The van der Waals surface area contributed by atoms with E-state index in [-0.39, 0.29) is 18.7 Å². The van der Waals surface area contributed by atoms with Gasteiger partial charge in [0.2, 0.25) is 0 Å². The number of halogens is 1. The number of nitrogens with zero attached hydrogens (tertiary/aromatic N) is 2. The van der Waals surface area contributed by atoms with E-state index in [1.54, 1.807) is 31.4 Å². The van der Waals surface area contributed by atoms with Crippen LogP contribution in [0.2, 0.25) is 0 Å². The molecule has 0 aliphatic carbocycles. The molecule has 2 aromatic carbocycles. The van der Waals surface area contributed by atoms with Gasteiger partial charge in [0.1, 0.15) is 23.5 Å². The van der Waals surface area contributed by atoms with E-state index in [1.807, 2.05) is 46.9 Å². The fourth-order valence-electron chi connectivity index (χ4n) is 2.40. The second kappa shape index (κ2) is 10.9. The predicted molar refractivity (Wildman–Crippen MR) is 115 cm³/mol. The highest BCUT2D eigenvalue weighted by Gasteiger charge is 2.14. The summed E-state index contributed by atoms with van der Waals surface area (Å²) in [5.74, 6) is 1.09. The number of nitriles is 2. The first kappa shape index (κ1) is 22.1. The summed E-state index contributed by atoms with van der Waals surface area (Å²) in [4.78, 5) is 12.4. The van der Waals surface area contributed by atoms with Crippen LogP contribution in [0.1, 0.15) is 11.1 Å². The fraction of sp³-hybridized carbons (Fsp3) is 0.190.